The van der Waals surface area contributed by atoms with Crippen molar-refractivity contribution in [3.63, 3.8) is 0 Å². The molecule has 0 radical (unpaired) electrons. The second kappa shape index (κ2) is 8.49. The smallest absolute Gasteiger partial charge is 0.158 e. The summed E-state index contributed by atoms with van der Waals surface area (Å²) in [5.74, 6) is 4.91. The van der Waals surface area contributed by atoms with E-state index >= 15 is 0 Å². The van der Waals surface area contributed by atoms with Gasteiger partial charge >= 0.3 is 0 Å². The Balaban J connectivity index is 1.55. The third-order valence-corrected chi connectivity index (χ3v) is 11.1. The molecule has 0 spiro atoms. The standard InChI is InChI=1S/C30H48O/c1-8-22(19(2)3)10-9-20(4)24-13-14-26-23-11-12-25-21(5)28(31)16-18-30(25,7)27(23)15-17-29(24,26)6/h19-20,22,24-25,27H,5,8-18H2,1-4,6-7H3/t20-,22+,24-,25?,27?,29-,30+/m1/s1. The predicted molar refractivity (Wildman–Crippen MR) is 132 cm³/mol. The molecule has 0 aliphatic heterocycles. The molecule has 0 aromatic heterocycles. The third-order valence-electron chi connectivity index (χ3n) is 11.1. The van der Waals surface area contributed by atoms with Gasteiger partial charge in [-0.3, -0.25) is 4.79 Å². The highest BCUT2D eigenvalue weighted by molar-refractivity contribution is 5.96. The molecule has 0 N–H and O–H groups in total. The van der Waals surface area contributed by atoms with E-state index in [-0.39, 0.29) is 5.41 Å². The van der Waals surface area contributed by atoms with Crippen LogP contribution in [0.2, 0.25) is 0 Å². The Hall–Kier alpha value is -0.850. The summed E-state index contributed by atoms with van der Waals surface area (Å²) in [5.41, 5.74) is 5.40. The van der Waals surface area contributed by atoms with E-state index in [1.165, 1.54) is 57.8 Å². The molecule has 1 nitrogen and oxygen atoms in total. The monoisotopic (exact) mass is 424 g/mol. The van der Waals surface area contributed by atoms with Gasteiger partial charge in [-0.15, -0.1) is 0 Å². The lowest BCUT2D eigenvalue weighted by Crippen LogP contribution is -2.48. The maximum absolute atomic E-state index is 12.4. The van der Waals surface area contributed by atoms with Gasteiger partial charge in [0.05, 0.1) is 0 Å². The van der Waals surface area contributed by atoms with Crippen molar-refractivity contribution in [2.45, 2.75) is 112 Å². The molecule has 3 fully saturated rings. The number of hydrogen-bond donors (Lipinski definition) is 0. The van der Waals surface area contributed by atoms with Gasteiger partial charge in [-0.1, -0.05) is 72.1 Å². The molecular weight excluding hydrogens is 376 g/mol. The molecule has 0 amide bonds. The zero-order valence-corrected chi connectivity index (χ0v) is 21.4. The number of carbonyl (C=O) groups excluding carboxylic acids is 1. The number of hydrogen-bond acceptors (Lipinski definition) is 1. The van der Waals surface area contributed by atoms with Crippen molar-refractivity contribution in [2.24, 2.45) is 46.3 Å². The summed E-state index contributed by atoms with van der Waals surface area (Å²) in [5, 5.41) is 0. The van der Waals surface area contributed by atoms with Crippen molar-refractivity contribution in [2.75, 3.05) is 0 Å². The zero-order chi connectivity index (χ0) is 22.6. The van der Waals surface area contributed by atoms with Gasteiger partial charge in [-0.25, -0.2) is 0 Å². The highest BCUT2D eigenvalue weighted by Gasteiger charge is 2.56. The molecule has 174 valence electrons. The summed E-state index contributed by atoms with van der Waals surface area (Å²) in [6.07, 6.45) is 13.8. The van der Waals surface area contributed by atoms with Crippen molar-refractivity contribution < 1.29 is 4.79 Å². The summed E-state index contributed by atoms with van der Waals surface area (Å²) in [6, 6.07) is 0. The lowest BCUT2D eigenvalue weighted by Gasteiger charge is -2.56. The molecule has 7 atom stereocenters. The minimum absolute atomic E-state index is 0.280. The van der Waals surface area contributed by atoms with Crippen LogP contribution in [0.5, 0.6) is 0 Å². The summed E-state index contributed by atoms with van der Waals surface area (Å²) < 4.78 is 0. The highest BCUT2D eigenvalue weighted by Crippen LogP contribution is 2.66. The van der Waals surface area contributed by atoms with E-state index in [4.69, 9.17) is 0 Å². The van der Waals surface area contributed by atoms with Crippen LogP contribution < -0.4 is 0 Å². The summed E-state index contributed by atoms with van der Waals surface area (Å²) in [4.78, 5) is 12.4. The van der Waals surface area contributed by atoms with Gasteiger partial charge in [-0.2, -0.15) is 0 Å². The normalized spacial score (nSPS) is 39.9. The summed E-state index contributed by atoms with van der Waals surface area (Å²) in [7, 11) is 0. The van der Waals surface area contributed by atoms with Crippen LogP contribution in [-0.4, -0.2) is 5.78 Å². The number of allylic oxidation sites excluding steroid dienone is 3. The van der Waals surface area contributed by atoms with Crippen molar-refractivity contribution in [1.29, 1.82) is 0 Å². The largest absolute Gasteiger partial charge is 0.295 e. The molecule has 0 heterocycles. The van der Waals surface area contributed by atoms with Gasteiger partial charge in [0.25, 0.3) is 0 Å². The average molecular weight is 425 g/mol. The lowest BCUT2D eigenvalue weighted by molar-refractivity contribution is -0.120. The molecule has 0 bridgehead atoms. The second-order valence-corrected chi connectivity index (χ2v) is 12.7. The van der Waals surface area contributed by atoms with Crippen LogP contribution >= 0.6 is 0 Å². The van der Waals surface area contributed by atoms with E-state index < -0.39 is 0 Å². The first-order valence-corrected chi connectivity index (χ1v) is 13.6. The second-order valence-electron chi connectivity index (χ2n) is 12.7. The lowest BCUT2D eigenvalue weighted by atomic mass is 9.48. The minimum Gasteiger partial charge on any atom is -0.295 e. The predicted octanol–water partition coefficient (Wildman–Crippen LogP) is 8.54. The Morgan fingerprint density at radius 3 is 2.39 bits per heavy atom. The molecule has 1 heteroatoms. The number of rotatable bonds is 6. The van der Waals surface area contributed by atoms with E-state index in [2.05, 4.69) is 48.1 Å². The quantitative estimate of drug-likeness (QED) is 0.308. The molecule has 0 aromatic rings. The average Bonchev–Trinajstić information content (AvgIpc) is 3.08. The van der Waals surface area contributed by atoms with Crippen molar-refractivity contribution in [1.82, 2.24) is 0 Å². The van der Waals surface area contributed by atoms with E-state index in [0.29, 0.717) is 23.0 Å². The van der Waals surface area contributed by atoms with Gasteiger partial charge in [0.1, 0.15) is 0 Å². The first-order valence-electron chi connectivity index (χ1n) is 13.6. The molecule has 3 saturated carbocycles. The highest BCUT2D eigenvalue weighted by atomic mass is 16.1. The topological polar surface area (TPSA) is 17.1 Å². The Bertz CT molecular complexity index is 756. The summed E-state index contributed by atoms with van der Waals surface area (Å²) >= 11 is 0. The number of carbonyl (C=O) groups is 1. The third kappa shape index (κ3) is 3.71. The number of fused-ring (bicyclic) bond motifs is 4. The zero-order valence-electron chi connectivity index (χ0n) is 21.4. The molecule has 4 rings (SSSR count). The first-order chi connectivity index (χ1) is 14.6. The Labute approximate surface area is 192 Å². The van der Waals surface area contributed by atoms with Crippen LogP contribution in [0, 0.1) is 46.3 Å². The van der Waals surface area contributed by atoms with E-state index in [1.807, 2.05) is 11.1 Å². The number of ketones is 1. The van der Waals surface area contributed by atoms with Crippen LogP contribution in [0.15, 0.2) is 23.3 Å². The summed E-state index contributed by atoms with van der Waals surface area (Å²) in [6.45, 7) is 19.2. The fraction of sp³-hybridized carbons (Fsp3) is 0.833. The molecule has 0 saturated heterocycles. The van der Waals surface area contributed by atoms with Crippen molar-refractivity contribution in [3.05, 3.63) is 23.3 Å². The van der Waals surface area contributed by atoms with Crippen molar-refractivity contribution in [3.8, 4) is 0 Å². The Morgan fingerprint density at radius 1 is 0.968 bits per heavy atom. The molecule has 0 aromatic carbocycles. The van der Waals surface area contributed by atoms with Gasteiger partial charge in [0, 0.05) is 6.42 Å². The van der Waals surface area contributed by atoms with Gasteiger partial charge < -0.3 is 0 Å². The van der Waals surface area contributed by atoms with Crippen LogP contribution in [-0.2, 0) is 4.79 Å². The van der Waals surface area contributed by atoms with Crippen LogP contribution in [0.4, 0.5) is 0 Å². The fourth-order valence-electron chi connectivity index (χ4n) is 9.00. The Kier molecular flexibility index (Phi) is 6.39. The maximum atomic E-state index is 12.4. The molecule has 31 heavy (non-hydrogen) atoms. The van der Waals surface area contributed by atoms with Gasteiger partial charge in [-0.05, 0) is 103 Å². The maximum Gasteiger partial charge on any atom is 0.158 e. The van der Waals surface area contributed by atoms with E-state index in [1.54, 1.807) is 0 Å². The minimum atomic E-state index is 0.280. The van der Waals surface area contributed by atoms with Crippen LogP contribution in [0.1, 0.15) is 112 Å². The van der Waals surface area contributed by atoms with Gasteiger partial charge in [0.2, 0.25) is 0 Å². The molecule has 2 unspecified atom stereocenters. The van der Waals surface area contributed by atoms with E-state index in [0.717, 1.165) is 42.1 Å². The molecular formula is C30H48O. The Morgan fingerprint density at radius 2 is 1.71 bits per heavy atom. The van der Waals surface area contributed by atoms with Crippen LogP contribution in [0.25, 0.3) is 0 Å². The first kappa shape index (κ1) is 23.3. The van der Waals surface area contributed by atoms with Crippen LogP contribution in [0.3, 0.4) is 0 Å². The SMILES string of the molecule is C=C1C(=O)CC[C@@]2(C)C1CCC1=C3CC[C@H]([C@H](C)CC[C@H](CC)C(C)C)[C@@]3(C)CCC12. The van der Waals surface area contributed by atoms with E-state index in [9.17, 15) is 4.79 Å². The molecule has 4 aliphatic carbocycles. The fourth-order valence-corrected chi connectivity index (χ4v) is 9.00. The van der Waals surface area contributed by atoms with Crippen molar-refractivity contribution >= 4 is 5.78 Å². The number of Topliss-reactive ketones (excluding diaryl/α,β-unsaturated/α-hetero) is 1. The van der Waals surface area contributed by atoms with Gasteiger partial charge in [0.15, 0.2) is 5.78 Å². The molecule has 4 aliphatic rings.